The molecule has 0 saturated heterocycles. The maximum atomic E-state index is 11.3. The minimum atomic E-state index is -1.07. The number of rotatable bonds is 4. The maximum absolute atomic E-state index is 11.3. The van der Waals surface area contributed by atoms with Gasteiger partial charge in [-0.2, -0.15) is 4.98 Å². The molecular weight excluding hydrogens is 244 g/mol. The minimum absolute atomic E-state index is 0.265. The van der Waals surface area contributed by atoms with E-state index in [9.17, 15) is 9.90 Å². The first-order valence-corrected chi connectivity index (χ1v) is 5.83. The van der Waals surface area contributed by atoms with Crippen molar-refractivity contribution in [2.75, 3.05) is 0 Å². The highest BCUT2D eigenvalue weighted by Crippen LogP contribution is 2.21. The van der Waals surface area contributed by atoms with Crippen molar-refractivity contribution in [3.8, 4) is 5.88 Å². The van der Waals surface area contributed by atoms with Crippen LogP contribution in [-0.4, -0.2) is 21.0 Å². The number of benzene rings is 1. The number of carboxylic acid groups (broad SMARTS) is 1. The molecule has 0 fully saturated rings. The van der Waals surface area contributed by atoms with Gasteiger partial charge < -0.3 is 9.84 Å². The zero-order valence-electron chi connectivity index (χ0n) is 10.7. The molecule has 0 radical (unpaired) electrons. The Bertz CT molecular complexity index is 564. The van der Waals surface area contributed by atoms with Gasteiger partial charge in [0, 0.05) is 17.3 Å². The molecule has 0 bridgehead atoms. The van der Waals surface area contributed by atoms with Crippen LogP contribution < -0.4 is 4.74 Å². The van der Waals surface area contributed by atoms with E-state index in [2.05, 4.69) is 9.97 Å². The van der Waals surface area contributed by atoms with Crippen molar-refractivity contribution in [2.45, 2.75) is 20.0 Å². The molecule has 1 unspecified atom stereocenters. The van der Waals surface area contributed by atoms with Crippen LogP contribution in [0.15, 0.2) is 36.4 Å². The van der Waals surface area contributed by atoms with E-state index in [1.807, 2.05) is 6.07 Å². The Morgan fingerprint density at radius 2 is 1.89 bits per heavy atom. The highest BCUT2D eigenvalue weighted by molar-refractivity contribution is 5.74. The van der Waals surface area contributed by atoms with Gasteiger partial charge in [0.2, 0.25) is 12.0 Å². The van der Waals surface area contributed by atoms with Crippen LogP contribution in [-0.2, 0) is 4.79 Å². The average molecular weight is 258 g/mol. The first kappa shape index (κ1) is 13.0. The van der Waals surface area contributed by atoms with Crippen molar-refractivity contribution in [2.24, 2.45) is 0 Å². The summed E-state index contributed by atoms with van der Waals surface area (Å²) in [4.78, 5) is 19.5. The fraction of sp³-hybridized carbons (Fsp3) is 0.214. The predicted molar refractivity (Wildman–Crippen MR) is 69.0 cm³/mol. The molecule has 0 aliphatic heterocycles. The molecular formula is C14H14N2O3. The molecule has 2 rings (SSSR count). The number of nitrogens with zero attached hydrogens (tertiary/aromatic N) is 2. The van der Waals surface area contributed by atoms with Crippen LogP contribution in [0.4, 0.5) is 0 Å². The lowest BCUT2D eigenvalue weighted by Gasteiger charge is -2.15. The molecule has 1 aromatic carbocycles. The summed E-state index contributed by atoms with van der Waals surface area (Å²) in [5, 5.41) is 9.26. The van der Waals surface area contributed by atoms with Crippen molar-refractivity contribution in [1.82, 2.24) is 9.97 Å². The van der Waals surface area contributed by atoms with E-state index < -0.39 is 12.1 Å². The van der Waals surface area contributed by atoms with Gasteiger partial charge in [-0.1, -0.05) is 30.3 Å². The van der Waals surface area contributed by atoms with Crippen LogP contribution >= 0.6 is 0 Å². The molecule has 2 aromatic rings. The van der Waals surface area contributed by atoms with Gasteiger partial charge in [0.25, 0.3) is 0 Å². The molecule has 1 atom stereocenters. The molecule has 0 spiro atoms. The van der Waals surface area contributed by atoms with E-state index in [1.165, 1.54) is 0 Å². The first-order chi connectivity index (χ1) is 9.06. The predicted octanol–water partition coefficient (Wildman–Crippen LogP) is 2.30. The van der Waals surface area contributed by atoms with Gasteiger partial charge in [0.1, 0.15) is 5.82 Å². The normalized spacial score (nSPS) is 11.9. The van der Waals surface area contributed by atoms with Gasteiger partial charge in [0.05, 0.1) is 0 Å². The van der Waals surface area contributed by atoms with E-state index in [4.69, 9.17) is 4.74 Å². The van der Waals surface area contributed by atoms with E-state index >= 15 is 0 Å². The summed E-state index contributed by atoms with van der Waals surface area (Å²) in [6.45, 7) is 3.54. The molecule has 1 heterocycles. The maximum Gasteiger partial charge on any atom is 0.349 e. The summed E-state index contributed by atoms with van der Waals surface area (Å²) >= 11 is 0. The quantitative estimate of drug-likeness (QED) is 0.911. The SMILES string of the molecule is Cc1cc(OC(C(=O)O)c2ccccc2)nc(C)n1. The zero-order chi connectivity index (χ0) is 13.8. The van der Waals surface area contributed by atoms with Crippen molar-refractivity contribution in [1.29, 1.82) is 0 Å². The Balaban J connectivity index is 2.29. The standard InChI is InChI=1S/C14H14N2O3/c1-9-8-12(16-10(2)15-9)19-13(14(17)18)11-6-4-3-5-7-11/h3-8,13H,1-2H3,(H,17,18). The summed E-state index contributed by atoms with van der Waals surface area (Å²) < 4.78 is 5.47. The van der Waals surface area contributed by atoms with Crippen molar-refractivity contribution in [3.05, 3.63) is 53.5 Å². The molecule has 1 aromatic heterocycles. The Hall–Kier alpha value is -2.43. The van der Waals surface area contributed by atoms with E-state index in [0.29, 0.717) is 11.4 Å². The molecule has 98 valence electrons. The van der Waals surface area contributed by atoms with Gasteiger partial charge >= 0.3 is 5.97 Å². The van der Waals surface area contributed by atoms with Gasteiger partial charge in [-0.25, -0.2) is 9.78 Å². The van der Waals surface area contributed by atoms with Crippen LogP contribution in [0.2, 0.25) is 0 Å². The van der Waals surface area contributed by atoms with E-state index in [1.54, 1.807) is 44.2 Å². The van der Waals surface area contributed by atoms with Gasteiger partial charge in [0.15, 0.2) is 0 Å². The Labute approximate surface area is 110 Å². The Morgan fingerprint density at radius 3 is 2.47 bits per heavy atom. The first-order valence-electron chi connectivity index (χ1n) is 5.83. The van der Waals surface area contributed by atoms with Crippen molar-refractivity contribution < 1.29 is 14.6 Å². The van der Waals surface area contributed by atoms with Crippen LogP contribution in [0.1, 0.15) is 23.2 Å². The number of aryl methyl sites for hydroxylation is 2. The molecule has 0 aliphatic carbocycles. The number of ether oxygens (including phenoxy) is 1. The van der Waals surface area contributed by atoms with Crippen molar-refractivity contribution >= 4 is 5.97 Å². The number of aromatic nitrogens is 2. The average Bonchev–Trinajstić information content (AvgIpc) is 2.35. The molecule has 0 saturated carbocycles. The summed E-state index contributed by atoms with van der Waals surface area (Å²) in [7, 11) is 0. The monoisotopic (exact) mass is 258 g/mol. The van der Waals surface area contributed by atoms with Crippen LogP contribution in [0.3, 0.4) is 0 Å². The number of aliphatic carboxylic acids is 1. The second-order valence-corrected chi connectivity index (χ2v) is 4.14. The van der Waals surface area contributed by atoms with Gasteiger partial charge in [-0.3, -0.25) is 0 Å². The summed E-state index contributed by atoms with van der Waals surface area (Å²) in [6.07, 6.45) is -1.07. The second kappa shape index (κ2) is 5.48. The molecule has 1 N–H and O–H groups in total. The highest BCUT2D eigenvalue weighted by Gasteiger charge is 2.22. The minimum Gasteiger partial charge on any atom is -0.478 e. The van der Waals surface area contributed by atoms with E-state index in [0.717, 1.165) is 5.69 Å². The summed E-state index contributed by atoms with van der Waals surface area (Å²) in [5.74, 6) is -0.242. The lowest BCUT2D eigenvalue weighted by atomic mass is 10.1. The van der Waals surface area contributed by atoms with Gasteiger partial charge in [-0.05, 0) is 13.8 Å². The third-order valence-corrected chi connectivity index (χ3v) is 2.51. The van der Waals surface area contributed by atoms with Crippen LogP contribution in [0, 0.1) is 13.8 Å². The third kappa shape index (κ3) is 3.28. The highest BCUT2D eigenvalue weighted by atomic mass is 16.5. The van der Waals surface area contributed by atoms with Gasteiger partial charge in [-0.15, -0.1) is 0 Å². The Morgan fingerprint density at radius 1 is 1.21 bits per heavy atom. The fourth-order valence-corrected chi connectivity index (χ4v) is 1.75. The fourth-order valence-electron chi connectivity index (χ4n) is 1.75. The molecule has 0 aliphatic rings. The molecule has 0 amide bonds. The smallest absolute Gasteiger partial charge is 0.349 e. The summed E-state index contributed by atoms with van der Waals surface area (Å²) in [6, 6.07) is 10.4. The number of hydrogen-bond acceptors (Lipinski definition) is 4. The third-order valence-electron chi connectivity index (χ3n) is 2.51. The lowest BCUT2D eigenvalue weighted by Crippen LogP contribution is -2.19. The molecule has 19 heavy (non-hydrogen) atoms. The zero-order valence-corrected chi connectivity index (χ0v) is 10.7. The summed E-state index contributed by atoms with van der Waals surface area (Å²) in [5.41, 5.74) is 1.31. The van der Waals surface area contributed by atoms with Crippen LogP contribution in [0.25, 0.3) is 0 Å². The molecule has 5 nitrogen and oxygen atoms in total. The Kier molecular flexibility index (Phi) is 3.75. The largest absolute Gasteiger partial charge is 0.478 e. The number of hydrogen-bond donors (Lipinski definition) is 1. The second-order valence-electron chi connectivity index (χ2n) is 4.14. The molecule has 5 heteroatoms. The van der Waals surface area contributed by atoms with Crippen LogP contribution in [0.5, 0.6) is 5.88 Å². The topological polar surface area (TPSA) is 72.3 Å². The number of carbonyl (C=O) groups is 1. The number of carboxylic acids is 1. The lowest BCUT2D eigenvalue weighted by molar-refractivity contribution is -0.145. The van der Waals surface area contributed by atoms with Crippen molar-refractivity contribution in [3.63, 3.8) is 0 Å². The van der Waals surface area contributed by atoms with E-state index in [-0.39, 0.29) is 5.88 Å².